The quantitative estimate of drug-likeness (QED) is 0.917. The van der Waals surface area contributed by atoms with Crippen molar-refractivity contribution >= 4 is 44.8 Å². The maximum atomic E-state index is 5.90. The van der Waals surface area contributed by atoms with Crippen LogP contribution in [0, 0.1) is 0 Å². The van der Waals surface area contributed by atoms with E-state index >= 15 is 0 Å². The molecule has 0 radical (unpaired) electrons. The van der Waals surface area contributed by atoms with Gasteiger partial charge in [0.15, 0.2) is 10.3 Å². The number of nitrogens with one attached hydrogen (secondary N) is 1. The van der Waals surface area contributed by atoms with Gasteiger partial charge in [0.2, 0.25) is 0 Å². The topological polar surface area (TPSA) is 37.8 Å². The highest BCUT2D eigenvalue weighted by Crippen LogP contribution is 2.23. The van der Waals surface area contributed by atoms with Crippen LogP contribution < -0.4 is 5.32 Å². The van der Waals surface area contributed by atoms with Gasteiger partial charge in [0.05, 0.1) is 5.69 Å². The smallest absolute Gasteiger partial charge is 0.174 e. The Morgan fingerprint density at radius 1 is 1.18 bits per heavy atom. The Balaban J connectivity index is 2.12. The summed E-state index contributed by atoms with van der Waals surface area (Å²) < 4.78 is 1.04. The lowest BCUT2D eigenvalue weighted by atomic mass is 10.2. The van der Waals surface area contributed by atoms with E-state index < -0.39 is 0 Å². The number of anilines is 1. The van der Waals surface area contributed by atoms with Crippen LogP contribution in [-0.2, 0) is 6.54 Å². The molecule has 3 nitrogen and oxygen atoms in total. The van der Waals surface area contributed by atoms with Crippen molar-refractivity contribution in [1.29, 1.82) is 0 Å². The minimum absolute atomic E-state index is 0.307. The highest BCUT2D eigenvalue weighted by Gasteiger charge is 2.04. The van der Waals surface area contributed by atoms with Gasteiger partial charge >= 0.3 is 0 Å². The van der Waals surface area contributed by atoms with E-state index in [1.165, 1.54) is 0 Å². The summed E-state index contributed by atoms with van der Waals surface area (Å²) in [6, 6.07) is 9.58. The van der Waals surface area contributed by atoms with Crippen molar-refractivity contribution in [2.45, 2.75) is 6.54 Å². The fraction of sp³-hybridized carbons (Fsp3) is 0.0909. The SMILES string of the molecule is Clc1cc(NCc2ccccc2Br)c(Cl)nn1. The second kappa shape index (κ2) is 5.67. The van der Waals surface area contributed by atoms with E-state index in [9.17, 15) is 0 Å². The van der Waals surface area contributed by atoms with Gasteiger partial charge in [-0.3, -0.25) is 0 Å². The van der Waals surface area contributed by atoms with Crippen molar-refractivity contribution < 1.29 is 0 Å². The van der Waals surface area contributed by atoms with E-state index in [-0.39, 0.29) is 0 Å². The summed E-state index contributed by atoms with van der Waals surface area (Å²) in [7, 11) is 0. The van der Waals surface area contributed by atoms with Crippen molar-refractivity contribution in [3.8, 4) is 0 Å². The second-order valence-corrected chi connectivity index (χ2v) is 4.92. The molecule has 1 N–H and O–H groups in total. The van der Waals surface area contributed by atoms with Crippen molar-refractivity contribution in [3.05, 3.63) is 50.7 Å². The lowest BCUT2D eigenvalue weighted by molar-refractivity contribution is 1.02. The molecule has 88 valence electrons. The Hall–Kier alpha value is -0.840. The van der Waals surface area contributed by atoms with Crippen LogP contribution in [0.1, 0.15) is 5.56 Å². The summed E-state index contributed by atoms with van der Waals surface area (Å²) in [5, 5.41) is 11.1. The van der Waals surface area contributed by atoms with Gasteiger partial charge in [-0.15, -0.1) is 10.2 Å². The number of hydrogen-bond donors (Lipinski definition) is 1. The third kappa shape index (κ3) is 3.31. The Labute approximate surface area is 117 Å². The third-order valence-corrected chi connectivity index (χ3v) is 3.38. The van der Waals surface area contributed by atoms with Crippen LogP contribution in [0.25, 0.3) is 0 Å². The molecule has 0 aliphatic heterocycles. The van der Waals surface area contributed by atoms with Crippen LogP contribution in [-0.4, -0.2) is 10.2 Å². The average molecular weight is 333 g/mol. The van der Waals surface area contributed by atoms with Crippen LogP contribution in [0.15, 0.2) is 34.8 Å². The van der Waals surface area contributed by atoms with Gasteiger partial charge in [0.25, 0.3) is 0 Å². The molecule has 2 rings (SSSR count). The molecule has 0 unspecified atom stereocenters. The molecule has 0 saturated carbocycles. The molecule has 1 aromatic heterocycles. The van der Waals surface area contributed by atoms with Crippen LogP contribution in [0.5, 0.6) is 0 Å². The normalized spacial score (nSPS) is 10.3. The summed E-state index contributed by atoms with van der Waals surface area (Å²) in [6.07, 6.45) is 0. The number of nitrogens with zero attached hydrogens (tertiary/aromatic N) is 2. The van der Waals surface area contributed by atoms with Crippen molar-refractivity contribution in [2.24, 2.45) is 0 Å². The first-order valence-corrected chi connectivity index (χ1v) is 6.37. The standard InChI is InChI=1S/C11H8BrCl2N3/c12-8-4-2-1-3-7(8)6-15-9-5-10(13)16-17-11(9)14/h1-5H,6H2,(H,15,16). The highest BCUT2D eigenvalue weighted by atomic mass is 79.9. The van der Waals surface area contributed by atoms with E-state index in [0.717, 1.165) is 10.0 Å². The van der Waals surface area contributed by atoms with Crippen molar-refractivity contribution in [1.82, 2.24) is 10.2 Å². The van der Waals surface area contributed by atoms with E-state index in [2.05, 4.69) is 31.4 Å². The molecule has 0 fully saturated rings. The zero-order chi connectivity index (χ0) is 12.3. The maximum Gasteiger partial charge on any atom is 0.174 e. The number of rotatable bonds is 3. The third-order valence-electron chi connectivity index (χ3n) is 2.15. The van der Waals surface area contributed by atoms with Gasteiger partial charge in [-0.2, -0.15) is 0 Å². The molecule has 0 amide bonds. The fourth-order valence-corrected chi connectivity index (χ4v) is 2.04. The first kappa shape index (κ1) is 12.6. The number of hydrogen-bond acceptors (Lipinski definition) is 3. The number of benzene rings is 1. The molecule has 2 aromatic rings. The Morgan fingerprint density at radius 2 is 1.94 bits per heavy atom. The van der Waals surface area contributed by atoms with Gasteiger partial charge in [0, 0.05) is 17.1 Å². The van der Waals surface area contributed by atoms with E-state index in [0.29, 0.717) is 22.5 Å². The van der Waals surface area contributed by atoms with E-state index in [1.807, 2.05) is 24.3 Å². The molecule has 0 aliphatic rings. The highest BCUT2D eigenvalue weighted by molar-refractivity contribution is 9.10. The van der Waals surface area contributed by atoms with E-state index in [4.69, 9.17) is 23.2 Å². The maximum absolute atomic E-state index is 5.90. The Kier molecular flexibility index (Phi) is 4.20. The minimum Gasteiger partial charge on any atom is -0.378 e. The summed E-state index contributed by atoms with van der Waals surface area (Å²) in [5.74, 6) is 0. The largest absolute Gasteiger partial charge is 0.378 e. The summed E-state index contributed by atoms with van der Waals surface area (Å²) in [4.78, 5) is 0. The van der Waals surface area contributed by atoms with Gasteiger partial charge in [-0.25, -0.2) is 0 Å². The fourth-order valence-electron chi connectivity index (χ4n) is 1.31. The predicted octanol–water partition coefficient (Wildman–Crippen LogP) is 4.16. The molecule has 0 bridgehead atoms. The lowest BCUT2D eigenvalue weighted by Gasteiger charge is -2.08. The molecular weight excluding hydrogens is 325 g/mol. The monoisotopic (exact) mass is 331 g/mol. The molecule has 6 heteroatoms. The molecule has 0 spiro atoms. The van der Waals surface area contributed by atoms with Crippen LogP contribution in [0.2, 0.25) is 10.3 Å². The van der Waals surface area contributed by atoms with Gasteiger partial charge < -0.3 is 5.32 Å². The lowest BCUT2D eigenvalue weighted by Crippen LogP contribution is -2.02. The van der Waals surface area contributed by atoms with Crippen molar-refractivity contribution in [2.75, 3.05) is 5.32 Å². The summed E-state index contributed by atoms with van der Waals surface area (Å²) >= 11 is 15.1. The molecular formula is C11H8BrCl2N3. The number of aromatic nitrogens is 2. The van der Waals surface area contributed by atoms with Crippen LogP contribution in [0.4, 0.5) is 5.69 Å². The number of halogens is 3. The van der Waals surface area contributed by atoms with Gasteiger partial charge in [-0.1, -0.05) is 57.3 Å². The zero-order valence-electron chi connectivity index (χ0n) is 8.62. The molecule has 1 aromatic carbocycles. The molecule has 0 atom stereocenters. The zero-order valence-corrected chi connectivity index (χ0v) is 11.7. The summed E-state index contributed by atoms with van der Waals surface area (Å²) in [5.41, 5.74) is 1.79. The molecule has 0 saturated heterocycles. The minimum atomic E-state index is 0.307. The second-order valence-electron chi connectivity index (χ2n) is 3.32. The first-order valence-electron chi connectivity index (χ1n) is 4.83. The Bertz CT molecular complexity index is 534. The van der Waals surface area contributed by atoms with Crippen LogP contribution in [0.3, 0.4) is 0 Å². The van der Waals surface area contributed by atoms with Gasteiger partial charge in [-0.05, 0) is 11.6 Å². The first-order chi connectivity index (χ1) is 8.16. The molecule has 0 aliphatic carbocycles. The van der Waals surface area contributed by atoms with Crippen molar-refractivity contribution in [3.63, 3.8) is 0 Å². The molecule has 17 heavy (non-hydrogen) atoms. The summed E-state index contributed by atoms with van der Waals surface area (Å²) in [6.45, 7) is 0.628. The average Bonchev–Trinajstić information content (AvgIpc) is 2.32. The predicted molar refractivity (Wildman–Crippen MR) is 73.5 cm³/mol. The molecule has 1 heterocycles. The Morgan fingerprint density at radius 3 is 2.71 bits per heavy atom. The van der Waals surface area contributed by atoms with Crippen LogP contribution >= 0.6 is 39.1 Å². The van der Waals surface area contributed by atoms with Gasteiger partial charge in [0.1, 0.15) is 0 Å². The van der Waals surface area contributed by atoms with E-state index in [1.54, 1.807) is 6.07 Å².